The van der Waals surface area contributed by atoms with E-state index in [1.807, 2.05) is 0 Å². The van der Waals surface area contributed by atoms with Crippen molar-refractivity contribution < 1.29 is 14.6 Å². The van der Waals surface area contributed by atoms with Crippen molar-refractivity contribution in [1.29, 1.82) is 0 Å². The van der Waals surface area contributed by atoms with E-state index in [0.717, 1.165) is 25.7 Å². The van der Waals surface area contributed by atoms with Crippen molar-refractivity contribution in [2.24, 2.45) is 17.3 Å². The molecule has 0 amide bonds. The molecule has 0 unspecified atom stereocenters. The van der Waals surface area contributed by atoms with Crippen LogP contribution in [0.3, 0.4) is 0 Å². The molecule has 3 nitrogen and oxygen atoms in total. The largest absolute Gasteiger partial charge is 0.465 e. The molecular formula is C14H24O3. The standard InChI is InChI=1S/C14H24O3/c1-13(2,3)10-4-7-14(16,8-5-10)11-6-9-17-12(11)15/h10-11,16H,4-9H2,1-3H3/t10?,11-,14?/m1/s1. The first-order valence-electron chi connectivity index (χ1n) is 6.72. The van der Waals surface area contributed by atoms with Gasteiger partial charge in [-0.05, 0) is 43.4 Å². The molecule has 3 heteroatoms. The van der Waals surface area contributed by atoms with E-state index in [2.05, 4.69) is 20.8 Å². The van der Waals surface area contributed by atoms with Crippen LogP contribution < -0.4 is 0 Å². The van der Waals surface area contributed by atoms with Crippen LogP contribution in [0.25, 0.3) is 0 Å². The minimum absolute atomic E-state index is 0.193. The van der Waals surface area contributed by atoms with Gasteiger partial charge in [0.2, 0.25) is 0 Å². The SMILES string of the molecule is CC(C)(C)C1CCC(O)([C@@H]2CCOC2=O)CC1. The lowest BCUT2D eigenvalue weighted by Gasteiger charge is -2.42. The summed E-state index contributed by atoms with van der Waals surface area (Å²) in [6, 6.07) is 0. The molecule has 0 bridgehead atoms. The van der Waals surface area contributed by atoms with Crippen molar-refractivity contribution in [3.05, 3.63) is 0 Å². The lowest BCUT2D eigenvalue weighted by Crippen LogP contribution is -2.45. The third kappa shape index (κ3) is 2.49. The van der Waals surface area contributed by atoms with Gasteiger partial charge in [0.15, 0.2) is 0 Å². The van der Waals surface area contributed by atoms with Gasteiger partial charge in [0.25, 0.3) is 0 Å². The Morgan fingerprint density at radius 2 is 1.82 bits per heavy atom. The number of cyclic esters (lactones) is 1. The van der Waals surface area contributed by atoms with Crippen molar-refractivity contribution in [2.45, 2.75) is 58.5 Å². The number of rotatable bonds is 1. The third-order valence-corrected chi connectivity index (χ3v) is 4.66. The first-order chi connectivity index (χ1) is 7.83. The van der Waals surface area contributed by atoms with Gasteiger partial charge in [-0.15, -0.1) is 0 Å². The van der Waals surface area contributed by atoms with E-state index in [1.54, 1.807) is 0 Å². The second kappa shape index (κ2) is 4.27. The van der Waals surface area contributed by atoms with Gasteiger partial charge < -0.3 is 9.84 Å². The second-order valence-corrected chi connectivity index (χ2v) is 6.75. The zero-order valence-corrected chi connectivity index (χ0v) is 11.2. The highest BCUT2D eigenvalue weighted by molar-refractivity contribution is 5.75. The van der Waals surface area contributed by atoms with Crippen LogP contribution in [0.5, 0.6) is 0 Å². The zero-order chi connectivity index (χ0) is 12.7. The van der Waals surface area contributed by atoms with Gasteiger partial charge in [-0.1, -0.05) is 20.8 Å². The number of esters is 1. The average Bonchev–Trinajstić information content (AvgIpc) is 2.64. The van der Waals surface area contributed by atoms with Crippen molar-refractivity contribution in [2.75, 3.05) is 6.61 Å². The summed E-state index contributed by atoms with van der Waals surface area (Å²) in [6.07, 6.45) is 4.21. The van der Waals surface area contributed by atoms with Crippen LogP contribution in [-0.2, 0) is 9.53 Å². The minimum atomic E-state index is -0.796. The summed E-state index contributed by atoms with van der Waals surface area (Å²) in [7, 11) is 0. The quantitative estimate of drug-likeness (QED) is 0.716. The first kappa shape index (κ1) is 12.9. The molecule has 98 valence electrons. The second-order valence-electron chi connectivity index (χ2n) is 6.75. The molecule has 0 aromatic heterocycles. The number of ether oxygens (including phenoxy) is 1. The van der Waals surface area contributed by atoms with Crippen LogP contribution in [0, 0.1) is 17.3 Å². The molecule has 0 aromatic carbocycles. The summed E-state index contributed by atoms with van der Waals surface area (Å²) >= 11 is 0. The van der Waals surface area contributed by atoms with Crippen LogP contribution in [0.1, 0.15) is 52.9 Å². The average molecular weight is 240 g/mol. The Hall–Kier alpha value is -0.570. The molecule has 2 fully saturated rings. The lowest BCUT2D eigenvalue weighted by molar-refractivity contribution is -0.151. The Labute approximate surface area is 104 Å². The molecule has 1 aliphatic carbocycles. The van der Waals surface area contributed by atoms with Crippen LogP contribution in [0.4, 0.5) is 0 Å². The summed E-state index contributed by atoms with van der Waals surface area (Å²) in [6.45, 7) is 7.25. The first-order valence-corrected chi connectivity index (χ1v) is 6.72. The van der Waals surface area contributed by atoms with Gasteiger partial charge in [0.05, 0.1) is 18.1 Å². The van der Waals surface area contributed by atoms with Crippen molar-refractivity contribution in [3.8, 4) is 0 Å². The van der Waals surface area contributed by atoms with Crippen LogP contribution in [0.2, 0.25) is 0 Å². The minimum Gasteiger partial charge on any atom is -0.465 e. The molecule has 17 heavy (non-hydrogen) atoms. The molecule has 0 spiro atoms. The highest BCUT2D eigenvalue weighted by atomic mass is 16.5. The fourth-order valence-electron chi connectivity index (χ4n) is 3.32. The molecule has 1 saturated heterocycles. The summed E-state index contributed by atoms with van der Waals surface area (Å²) in [5, 5.41) is 10.6. The Morgan fingerprint density at radius 1 is 1.24 bits per heavy atom. The Balaban J connectivity index is 2.00. The summed E-state index contributed by atoms with van der Waals surface area (Å²) in [5.41, 5.74) is -0.493. The maximum atomic E-state index is 11.6. The smallest absolute Gasteiger partial charge is 0.311 e. The van der Waals surface area contributed by atoms with E-state index < -0.39 is 5.60 Å². The molecule has 2 rings (SSSR count). The van der Waals surface area contributed by atoms with Crippen molar-refractivity contribution >= 4 is 5.97 Å². The number of carbonyl (C=O) groups is 1. The highest BCUT2D eigenvalue weighted by Gasteiger charge is 2.48. The predicted octanol–water partition coefficient (Wildman–Crippen LogP) is 2.52. The number of hydrogen-bond acceptors (Lipinski definition) is 3. The molecule has 1 heterocycles. The molecule has 0 aromatic rings. The van der Waals surface area contributed by atoms with Gasteiger partial charge >= 0.3 is 5.97 Å². The maximum absolute atomic E-state index is 11.6. The molecule has 1 atom stereocenters. The van der Waals surface area contributed by atoms with Gasteiger partial charge in [0.1, 0.15) is 0 Å². The van der Waals surface area contributed by atoms with Crippen LogP contribution in [0.15, 0.2) is 0 Å². The molecule has 2 aliphatic rings. The number of carbonyl (C=O) groups excluding carboxylic acids is 1. The number of hydrogen-bond donors (Lipinski definition) is 1. The number of aliphatic hydroxyl groups is 1. The molecule has 1 N–H and O–H groups in total. The van der Waals surface area contributed by atoms with E-state index in [-0.39, 0.29) is 11.9 Å². The fourth-order valence-corrected chi connectivity index (χ4v) is 3.32. The van der Waals surface area contributed by atoms with Gasteiger partial charge in [0, 0.05) is 0 Å². The molecule has 0 radical (unpaired) electrons. The topological polar surface area (TPSA) is 46.5 Å². The molecule has 1 aliphatic heterocycles. The van der Waals surface area contributed by atoms with E-state index in [1.165, 1.54) is 0 Å². The Morgan fingerprint density at radius 3 is 2.24 bits per heavy atom. The van der Waals surface area contributed by atoms with Crippen LogP contribution >= 0.6 is 0 Å². The van der Waals surface area contributed by atoms with Gasteiger partial charge in [-0.3, -0.25) is 4.79 Å². The Bertz CT molecular complexity index is 295. The van der Waals surface area contributed by atoms with Crippen molar-refractivity contribution in [3.63, 3.8) is 0 Å². The molecule has 1 saturated carbocycles. The summed E-state index contributed by atoms with van der Waals surface area (Å²) < 4.78 is 4.98. The monoisotopic (exact) mass is 240 g/mol. The third-order valence-electron chi connectivity index (χ3n) is 4.66. The maximum Gasteiger partial charge on any atom is 0.311 e. The van der Waals surface area contributed by atoms with Crippen molar-refractivity contribution in [1.82, 2.24) is 0 Å². The van der Waals surface area contributed by atoms with E-state index in [4.69, 9.17) is 4.74 Å². The van der Waals surface area contributed by atoms with Crippen LogP contribution in [-0.4, -0.2) is 23.3 Å². The predicted molar refractivity (Wildman–Crippen MR) is 65.4 cm³/mol. The zero-order valence-electron chi connectivity index (χ0n) is 11.2. The summed E-state index contributed by atoms with van der Waals surface area (Å²) in [4.78, 5) is 11.6. The molecular weight excluding hydrogens is 216 g/mol. The lowest BCUT2D eigenvalue weighted by atomic mass is 9.65. The Kier molecular flexibility index (Phi) is 3.23. The van der Waals surface area contributed by atoms with E-state index in [0.29, 0.717) is 24.4 Å². The van der Waals surface area contributed by atoms with Gasteiger partial charge in [-0.2, -0.15) is 0 Å². The van der Waals surface area contributed by atoms with Gasteiger partial charge in [-0.25, -0.2) is 0 Å². The van der Waals surface area contributed by atoms with E-state index in [9.17, 15) is 9.90 Å². The van der Waals surface area contributed by atoms with E-state index >= 15 is 0 Å². The normalized spacial score (nSPS) is 39.2. The summed E-state index contributed by atoms with van der Waals surface area (Å²) in [5.74, 6) is 0.185. The fraction of sp³-hybridized carbons (Fsp3) is 0.929. The highest BCUT2D eigenvalue weighted by Crippen LogP contribution is 2.45.